The summed E-state index contributed by atoms with van der Waals surface area (Å²) >= 11 is 0. The number of aromatic nitrogens is 1. The number of aromatic amines is 1. The Balaban J connectivity index is 2.14. The third-order valence-corrected chi connectivity index (χ3v) is 4.77. The first kappa shape index (κ1) is 16.1. The summed E-state index contributed by atoms with van der Waals surface area (Å²) < 4.78 is 5.83. The Hall–Kier alpha value is -1.81. The van der Waals surface area contributed by atoms with Crippen LogP contribution in [0.4, 0.5) is 5.69 Å². The predicted octanol–water partition coefficient (Wildman–Crippen LogP) is 3.32. The molecule has 124 valence electrons. The maximum Gasteiger partial charge on any atom is 0.192 e. The van der Waals surface area contributed by atoms with E-state index >= 15 is 0 Å². The summed E-state index contributed by atoms with van der Waals surface area (Å²) in [5, 5.41) is 0.784. The summed E-state index contributed by atoms with van der Waals surface area (Å²) in [6, 6.07) is 4.16. The van der Waals surface area contributed by atoms with E-state index in [1.54, 1.807) is 0 Å². The Morgan fingerprint density at radius 3 is 2.48 bits per heavy atom. The van der Waals surface area contributed by atoms with Crippen LogP contribution in [0.15, 0.2) is 16.9 Å². The lowest BCUT2D eigenvalue weighted by atomic mass is 10.0. The normalized spacial score (nSPS) is 21.9. The topological polar surface area (TPSA) is 45.3 Å². The molecule has 0 bridgehead atoms. The molecule has 1 fully saturated rings. The molecule has 2 heterocycles. The van der Waals surface area contributed by atoms with Gasteiger partial charge in [0, 0.05) is 40.9 Å². The Morgan fingerprint density at radius 1 is 1.22 bits per heavy atom. The van der Waals surface area contributed by atoms with Gasteiger partial charge in [-0.1, -0.05) is 6.92 Å². The molecule has 0 spiro atoms. The highest BCUT2D eigenvalue weighted by molar-refractivity contribution is 5.85. The van der Waals surface area contributed by atoms with Crippen LogP contribution < -0.4 is 10.3 Å². The minimum Gasteiger partial charge on any atom is -0.372 e. The second-order valence-corrected chi connectivity index (χ2v) is 6.76. The number of benzene rings is 1. The lowest BCUT2D eigenvalue weighted by Gasteiger charge is -2.37. The molecule has 1 N–H and O–H groups in total. The standard InChI is InChI=1S/C19H26N2O2/c1-6-16-14(5)19(22)15-8-18(11(2)7-17(15)20-16)21-9-12(3)23-13(4)10-21/h7-8,12-13H,6,9-10H2,1-5H3,(H,20,22). The summed E-state index contributed by atoms with van der Waals surface area (Å²) in [5.41, 5.74) is 5.29. The molecule has 2 unspecified atom stereocenters. The molecule has 1 aliphatic rings. The Morgan fingerprint density at radius 2 is 1.87 bits per heavy atom. The SMILES string of the molecule is CCc1[nH]c2cc(C)c(N3CC(C)OC(C)C3)cc2c(=O)c1C. The molecular weight excluding hydrogens is 288 g/mol. The quantitative estimate of drug-likeness (QED) is 0.925. The van der Waals surface area contributed by atoms with E-state index in [0.717, 1.165) is 47.4 Å². The van der Waals surface area contributed by atoms with E-state index in [-0.39, 0.29) is 17.6 Å². The van der Waals surface area contributed by atoms with Gasteiger partial charge in [-0.25, -0.2) is 0 Å². The van der Waals surface area contributed by atoms with E-state index < -0.39 is 0 Å². The van der Waals surface area contributed by atoms with Gasteiger partial charge in [-0.05, 0) is 51.8 Å². The second kappa shape index (κ2) is 6.00. The smallest absolute Gasteiger partial charge is 0.192 e. The number of fused-ring (bicyclic) bond motifs is 1. The zero-order valence-corrected chi connectivity index (χ0v) is 14.7. The first-order valence-electron chi connectivity index (χ1n) is 8.47. The van der Waals surface area contributed by atoms with Gasteiger partial charge < -0.3 is 14.6 Å². The van der Waals surface area contributed by atoms with Gasteiger partial charge in [-0.3, -0.25) is 4.79 Å². The van der Waals surface area contributed by atoms with Crippen molar-refractivity contribution >= 4 is 16.6 Å². The van der Waals surface area contributed by atoms with Crippen molar-refractivity contribution < 1.29 is 4.74 Å². The van der Waals surface area contributed by atoms with E-state index in [1.165, 1.54) is 5.56 Å². The highest BCUT2D eigenvalue weighted by Gasteiger charge is 2.24. The minimum atomic E-state index is 0.145. The van der Waals surface area contributed by atoms with Crippen molar-refractivity contribution in [3.05, 3.63) is 39.2 Å². The number of morpholine rings is 1. The molecule has 1 aromatic heterocycles. The highest BCUT2D eigenvalue weighted by atomic mass is 16.5. The third kappa shape index (κ3) is 2.88. The van der Waals surface area contributed by atoms with Crippen LogP contribution in [0.25, 0.3) is 10.9 Å². The molecule has 1 aliphatic heterocycles. The van der Waals surface area contributed by atoms with E-state index in [0.29, 0.717) is 0 Å². The van der Waals surface area contributed by atoms with E-state index in [9.17, 15) is 4.79 Å². The average molecular weight is 314 g/mol. The summed E-state index contributed by atoms with van der Waals surface area (Å²) in [6.45, 7) is 12.0. The molecule has 23 heavy (non-hydrogen) atoms. The van der Waals surface area contributed by atoms with Crippen LogP contribution in [-0.4, -0.2) is 30.3 Å². The van der Waals surface area contributed by atoms with Crippen LogP contribution in [0.3, 0.4) is 0 Å². The number of hydrogen-bond donors (Lipinski definition) is 1. The number of nitrogens with zero attached hydrogens (tertiary/aromatic N) is 1. The first-order valence-corrected chi connectivity index (χ1v) is 8.47. The van der Waals surface area contributed by atoms with Gasteiger partial charge in [-0.2, -0.15) is 0 Å². The van der Waals surface area contributed by atoms with Crippen molar-refractivity contribution in [3.63, 3.8) is 0 Å². The van der Waals surface area contributed by atoms with Crippen molar-refractivity contribution in [3.8, 4) is 0 Å². The Kier molecular flexibility index (Phi) is 4.19. The van der Waals surface area contributed by atoms with Gasteiger partial charge in [0.25, 0.3) is 0 Å². The summed E-state index contributed by atoms with van der Waals surface area (Å²) in [4.78, 5) is 18.5. The molecule has 1 saturated heterocycles. The molecule has 1 aromatic carbocycles. The van der Waals surface area contributed by atoms with Crippen molar-refractivity contribution in [2.75, 3.05) is 18.0 Å². The fourth-order valence-electron chi connectivity index (χ4n) is 3.65. The van der Waals surface area contributed by atoms with Crippen molar-refractivity contribution in [2.24, 2.45) is 0 Å². The zero-order chi connectivity index (χ0) is 16.7. The summed E-state index contributed by atoms with van der Waals surface area (Å²) in [6.07, 6.45) is 1.25. The van der Waals surface area contributed by atoms with Gasteiger partial charge >= 0.3 is 0 Å². The van der Waals surface area contributed by atoms with E-state index in [4.69, 9.17) is 4.74 Å². The molecule has 0 aliphatic carbocycles. The van der Waals surface area contributed by atoms with Crippen LogP contribution >= 0.6 is 0 Å². The highest BCUT2D eigenvalue weighted by Crippen LogP contribution is 2.27. The molecule has 0 amide bonds. The van der Waals surface area contributed by atoms with Crippen molar-refractivity contribution in [2.45, 2.75) is 53.2 Å². The maximum absolute atomic E-state index is 12.7. The molecule has 3 rings (SSSR count). The van der Waals surface area contributed by atoms with Gasteiger partial charge in [0.2, 0.25) is 0 Å². The number of anilines is 1. The fourth-order valence-corrected chi connectivity index (χ4v) is 3.65. The van der Waals surface area contributed by atoms with Crippen molar-refractivity contribution in [1.29, 1.82) is 0 Å². The van der Waals surface area contributed by atoms with Crippen LogP contribution in [0.5, 0.6) is 0 Å². The number of rotatable bonds is 2. The van der Waals surface area contributed by atoms with Crippen LogP contribution in [0, 0.1) is 13.8 Å². The number of ether oxygens (including phenoxy) is 1. The van der Waals surface area contributed by atoms with Crippen molar-refractivity contribution in [1.82, 2.24) is 4.98 Å². The van der Waals surface area contributed by atoms with Gasteiger partial charge in [0.15, 0.2) is 5.43 Å². The minimum absolute atomic E-state index is 0.145. The number of pyridine rings is 1. The fraction of sp³-hybridized carbons (Fsp3) is 0.526. The number of H-pyrrole nitrogens is 1. The number of hydrogen-bond acceptors (Lipinski definition) is 3. The summed E-state index contributed by atoms with van der Waals surface area (Å²) in [7, 11) is 0. The molecule has 4 nitrogen and oxygen atoms in total. The molecule has 0 radical (unpaired) electrons. The molecule has 4 heteroatoms. The Bertz CT molecular complexity index is 784. The monoisotopic (exact) mass is 314 g/mol. The largest absolute Gasteiger partial charge is 0.372 e. The maximum atomic E-state index is 12.7. The second-order valence-electron chi connectivity index (χ2n) is 6.76. The first-order chi connectivity index (χ1) is 10.9. The summed E-state index contributed by atoms with van der Waals surface area (Å²) in [5.74, 6) is 0. The van der Waals surface area contributed by atoms with Crippen LogP contribution in [-0.2, 0) is 11.2 Å². The van der Waals surface area contributed by atoms with Crippen LogP contribution in [0.1, 0.15) is 37.6 Å². The third-order valence-electron chi connectivity index (χ3n) is 4.77. The molecule has 2 aromatic rings. The van der Waals surface area contributed by atoms with Gasteiger partial charge in [0.1, 0.15) is 0 Å². The van der Waals surface area contributed by atoms with Gasteiger partial charge in [-0.15, -0.1) is 0 Å². The number of nitrogens with one attached hydrogen (secondary N) is 1. The average Bonchev–Trinajstić information content (AvgIpc) is 2.49. The zero-order valence-electron chi connectivity index (χ0n) is 14.7. The molecule has 0 saturated carbocycles. The van der Waals surface area contributed by atoms with Crippen LogP contribution in [0.2, 0.25) is 0 Å². The lowest BCUT2D eigenvalue weighted by molar-refractivity contribution is -0.00523. The van der Waals surface area contributed by atoms with E-state index in [1.807, 2.05) is 6.92 Å². The Labute approximate surface area is 137 Å². The predicted molar refractivity (Wildman–Crippen MR) is 95.6 cm³/mol. The van der Waals surface area contributed by atoms with E-state index in [2.05, 4.69) is 49.7 Å². The molecular formula is C19H26N2O2. The number of aryl methyl sites for hydroxylation is 2. The molecule has 2 atom stereocenters. The lowest BCUT2D eigenvalue weighted by Crippen LogP contribution is -2.45. The van der Waals surface area contributed by atoms with Gasteiger partial charge in [0.05, 0.1) is 12.2 Å².